The fourth-order valence-electron chi connectivity index (χ4n) is 5.04. The van der Waals surface area contributed by atoms with Gasteiger partial charge in [0.15, 0.2) is 0 Å². The second kappa shape index (κ2) is 9.87. The molecular formula is C29H32N2O2S. The van der Waals surface area contributed by atoms with E-state index >= 15 is 0 Å². The lowest BCUT2D eigenvalue weighted by Crippen LogP contribution is -2.40. The van der Waals surface area contributed by atoms with Crippen LogP contribution in [0.25, 0.3) is 21.5 Å². The monoisotopic (exact) mass is 472 g/mol. The minimum absolute atomic E-state index is 0.373. The van der Waals surface area contributed by atoms with E-state index in [4.69, 9.17) is 0 Å². The van der Waals surface area contributed by atoms with Gasteiger partial charge >= 0.3 is 0 Å². The number of hydrogen-bond acceptors (Lipinski definition) is 3. The lowest BCUT2D eigenvalue weighted by molar-refractivity contribution is 0.173. The number of fused-ring (bicyclic) bond motifs is 2. The van der Waals surface area contributed by atoms with E-state index in [2.05, 4.69) is 42.2 Å². The van der Waals surface area contributed by atoms with Gasteiger partial charge in [-0.15, -0.1) is 0 Å². The van der Waals surface area contributed by atoms with Crippen LogP contribution in [0.2, 0.25) is 0 Å². The van der Waals surface area contributed by atoms with Crippen molar-refractivity contribution in [1.82, 2.24) is 9.21 Å². The third kappa shape index (κ3) is 4.88. The van der Waals surface area contributed by atoms with Crippen LogP contribution >= 0.6 is 0 Å². The molecule has 5 rings (SSSR count). The average Bonchev–Trinajstić information content (AvgIpc) is 2.88. The molecule has 5 heteroatoms. The highest BCUT2D eigenvalue weighted by atomic mass is 32.2. The van der Waals surface area contributed by atoms with Gasteiger partial charge < -0.3 is 4.90 Å². The highest BCUT2D eigenvalue weighted by Gasteiger charge is 2.29. The van der Waals surface area contributed by atoms with Gasteiger partial charge in [-0.2, -0.15) is 4.31 Å². The summed E-state index contributed by atoms with van der Waals surface area (Å²) in [5.74, 6) is 0.374. The predicted molar refractivity (Wildman–Crippen MR) is 140 cm³/mol. The molecule has 176 valence electrons. The summed E-state index contributed by atoms with van der Waals surface area (Å²) in [6.45, 7) is 6.27. The van der Waals surface area contributed by atoms with Gasteiger partial charge in [0.05, 0.1) is 4.90 Å². The summed E-state index contributed by atoms with van der Waals surface area (Å²) >= 11 is 0. The zero-order valence-corrected chi connectivity index (χ0v) is 20.5. The summed E-state index contributed by atoms with van der Waals surface area (Å²) in [7, 11) is -3.64. The number of sulfonamides is 1. The van der Waals surface area contributed by atoms with Crippen molar-refractivity contribution in [3.8, 4) is 0 Å². The minimum Gasteiger partial charge on any atom is -0.304 e. The fourth-order valence-corrected chi connectivity index (χ4v) is 6.58. The highest BCUT2D eigenvalue weighted by molar-refractivity contribution is 7.89. The van der Waals surface area contributed by atoms with E-state index in [0.29, 0.717) is 23.9 Å². The highest BCUT2D eigenvalue weighted by Crippen LogP contribution is 2.27. The zero-order chi connectivity index (χ0) is 23.5. The van der Waals surface area contributed by atoms with Crippen LogP contribution in [0, 0.1) is 5.92 Å². The SMILES string of the molecule is CCN1CCC(CN(Cc2ccc3ccccc3c2)S(=O)(=O)c2ccc3ccccc3c2)CC1. The third-order valence-corrected chi connectivity index (χ3v) is 8.96. The molecule has 0 atom stereocenters. The molecule has 4 aromatic carbocycles. The molecule has 1 aliphatic rings. The molecule has 0 amide bonds. The van der Waals surface area contributed by atoms with Gasteiger partial charge in [0.1, 0.15) is 0 Å². The quantitative estimate of drug-likeness (QED) is 0.335. The lowest BCUT2D eigenvalue weighted by Gasteiger charge is -2.34. The molecule has 0 unspecified atom stereocenters. The number of likely N-dealkylation sites (tertiary alicyclic amines) is 1. The Morgan fingerprint density at radius 2 is 1.38 bits per heavy atom. The summed E-state index contributed by atoms with van der Waals surface area (Å²) in [6, 6.07) is 27.9. The maximum atomic E-state index is 14.0. The molecular weight excluding hydrogens is 440 g/mol. The Hall–Kier alpha value is -2.73. The summed E-state index contributed by atoms with van der Waals surface area (Å²) in [5, 5.41) is 4.31. The molecule has 0 radical (unpaired) electrons. The number of piperidine rings is 1. The molecule has 0 aromatic heterocycles. The zero-order valence-electron chi connectivity index (χ0n) is 19.7. The first-order valence-electron chi connectivity index (χ1n) is 12.2. The maximum absolute atomic E-state index is 14.0. The largest absolute Gasteiger partial charge is 0.304 e. The molecule has 34 heavy (non-hydrogen) atoms. The Labute approximate surface area is 202 Å². The standard InChI is InChI=1S/C29H32N2O2S/c1-2-30-17-15-23(16-18-30)21-31(22-24-11-12-25-7-3-5-9-27(25)19-24)34(32,33)29-14-13-26-8-4-6-10-28(26)20-29/h3-14,19-20,23H,2,15-18,21-22H2,1H3. The van der Waals surface area contributed by atoms with Gasteiger partial charge in [0, 0.05) is 13.1 Å². The van der Waals surface area contributed by atoms with Crippen molar-refractivity contribution in [2.75, 3.05) is 26.2 Å². The van der Waals surface area contributed by atoms with Crippen LogP contribution in [0.3, 0.4) is 0 Å². The predicted octanol–water partition coefficient (Wildman–Crippen LogP) is 5.92. The summed E-state index contributed by atoms with van der Waals surface area (Å²) < 4.78 is 29.6. The Balaban J connectivity index is 1.47. The second-order valence-corrected chi connectivity index (χ2v) is 11.3. The summed E-state index contributed by atoms with van der Waals surface area (Å²) in [5.41, 5.74) is 1.02. The average molecular weight is 473 g/mol. The van der Waals surface area contributed by atoms with Gasteiger partial charge in [-0.25, -0.2) is 8.42 Å². The van der Waals surface area contributed by atoms with Crippen molar-refractivity contribution in [2.45, 2.75) is 31.2 Å². The molecule has 4 nitrogen and oxygen atoms in total. The molecule has 0 spiro atoms. The molecule has 1 aliphatic heterocycles. The van der Waals surface area contributed by atoms with Crippen LogP contribution in [0.5, 0.6) is 0 Å². The van der Waals surface area contributed by atoms with Crippen LogP contribution in [0.1, 0.15) is 25.3 Å². The van der Waals surface area contributed by atoms with E-state index in [1.807, 2.05) is 48.5 Å². The molecule has 0 aliphatic carbocycles. The first-order chi connectivity index (χ1) is 16.5. The molecule has 1 saturated heterocycles. The smallest absolute Gasteiger partial charge is 0.243 e. The van der Waals surface area contributed by atoms with Gasteiger partial charge in [-0.1, -0.05) is 73.7 Å². The maximum Gasteiger partial charge on any atom is 0.243 e. The van der Waals surface area contributed by atoms with Crippen molar-refractivity contribution in [2.24, 2.45) is 5.92 Å². The van der Waals surface area contributed by atoms with Crippen LogP contribution in [-0.4, -0.2) is 43.8 Å². The number of hydrogen-bond donors (Lipinski definition) is 0. The number of benzene rings is 4. The van der Waals surface area contributed by atoms with Crippen molar-refractivity contribution in [1.29, 1.82) is 0 Å². The van der Waals surface area contributed by atoms with Gasteiger partial charge in [-0.3, -0.25) is 0 Å². The van der Waals surface area contributed by atoms with Crippen LogP contribution < -0.4 is 0 Å². The van der Waals surface area contributed by atoms with Crippen molar-refractivity contribution < 1.29 is 8.42 Å². The van der Waals surface area contributed by atoms with E-state index in [0.717, 1.165) is 54.2 Å². The van der Waals surface area contributed by atoms with Gasteiger partial charge in [0.2, 0.25) is 10.0 Å². The molecule has 0 N–H and O–H groups in total. The van der Waals surface area contributed by atoms with Gasteiger partial charge in [-0.05, 0) is 83.7 Å². The fraction of sp³-hybridized carbons (Fsp3) is 0.310. The summed E-state index contributed by atoms with van der Waals surface area (Å²) in [4.78, 5) is 2.82. The third-order valence-electron chi connectivity index (χ3n) is 7.15. The molecule has 1 fully saturated rings. The number of rotatable bonds is 7. The molecule has 4 aromatic rings. The van der Waals surface area contributed by atoms with Crippen molar-refractivity contribution in [3.05, 3.63) is 90.5 Å². The van der Waals surface area contributed by atoms with Gasteiger partial charge in [0.25, 0.3) is 0 Å². The molecule has 0 bridgehead atoms. The Kier molecular flexibility index (Phi) is 6.68. The Bertz CT molecular complexity index is 1390. The van der Waals surface area contributed by atoms with E-state index < -0.39 is 10.0 Å². The first kappa shape index (κ1) is 23.0. The van der Waals surface area contributed by atoms with Crippen LogP contribution in [0.4, 0.5) is 0 Å². The van der Waals surface area contributed by atoms with Crippen molar-refractivity contribution >= 4 is 31.6 Å². The lowest BCUT2D eigenvalue weighted by atomic mass is 9.96. The van der Waals surface area contributed by atoms with Crippen LogP contribution in [-0.2, 0) is 16.6 Å². The summed E-state index contributed by atoms with van der Waals surface area (Å²) in [6.07, 6.45) is 2.07. The van der Waals surface area contributed by atoms with E-state index in [9.17, 15) is 8.42 Å². The topological polar surface area (TPSA) is 40.6 Å². The Morgan fingerprint density at radius 3 is 2.03 bits per heavy atom. The molecule has 1 heterocycles. The van der Waals surface area contributed by atoms with E-state index in [1.54, 1.807) is 10.4 Å². The van der Waals surface area contributed by atoms with E-state index in [1.165, 1.54) is 5.39 Å². The Morgan fingerprint density at radius 1 is 0.794 bits per heavy atom. The second-order valence-electron chi connectivity index (χ2n) is 9.37. The van der Waals surface area contributed by atoms with E-state index in [-0.39, 0.29) is 0 Å². The minimum atomic E-state index is -3.64. The first-order valence-corrected chi connectivity index (χ1v) is 13.7. The molecule has 0 saturated carbocycles. The van der Waals surface area contributed by atoms with Crippen LogP contribution in [0.15, 0.2) is 89.8 Å². The van der Waals surface area contributed by atoms with Crippen molar-refractivity contribution in [3.63, 3.8) is 0 Å². The normalized spacial score (nSPS) is 15.9. The number of nitrogens with zero attached hydrogens (tertiary/aromatic N) is 2.